The summed E-state index contributed by atoms with van der Waals surface area (Å²) in [6.45, 7) is 0.516. The second kappa shape index (κ2) is 5.30. The van der Waals surface area contributed by atoms with Crippen molar-refractivity contribution in [3.8, 4) is 0 Å². The molecule has 2 rings (SSSR count). The van der Waals surface area contributed by atoms with Crippen LogP contribution in [0.15, 0.2) is 12.3 Å². The Hall–Kier alpha value is -1.09. The lowest BCUT2D eigenvalue weighted by Gasteiger charge is -2.16. The van der Waals surface area contributed by atoms with Gasteiger partial charge < -0.3 is 11.5 Å². The zero-order valence-electron chi connectivity index (χ0n) is 9.78. The lowest BCUT2D eigenvalue weighted by atomic mass is 9.94. The van der Waals surface area contributed by atoms with E-state index < -0.39 is 0 Å². The Labute approximate surface area is 97.2 Å². The number of pyridine rings is 1. The minimum atomic E-state index is 0.516. The lowest BCUT2D eigenvalue weighted by molar-refractivity contribution is 0.579. The van der Waals surface area contributed by atoms with Crippen LogP contribution in [0, 0.1) is 0 Å². The van der Waals surface area contributed by atoms with Crippen molar-refractivity contribution in [1.82, 2.24) is 4.98 Å². The van der Waals surface area contributed by atoms with E-state index in [-0.39, 0.29) is 0 Å². The molecule has 0 saturated heterocycles. The summed E-state index contributed by atoms with van der Waals surface area (Å²) in [5.41, 5.74) is 14.6. The third-order valence-electron chi connectivity index (χ3n) is 3.48. The normalized spacial score (nSPS) is 18.3. The van der Waals surface area contributed by atoms with E-state index in [1.54, 1.807) is 0 Å². The van der Waals surface area contributed by atoms with Crippen molar-refractivity contribution in [2.24, 2.45) is 5.73 Å². The van der Waals surface area contributed by atoms with E-state index in [1.165, 1.54) is 38.5 Å². The van der Waals surface area contributed by atoms with Gasteiger partial charge in [-0.1, -0.05) is 25.7 Å². The molecule has 1 heterocycles. The number of aromatic nitrogens is 1. The molecule has 1 aromatic heterocycles. The van der Waals surface area contributed by atoms with Crippen molar-refractivity contribution in [3.05, 3.63) is 23.5 Å². The van der Waals surface area contributed by atoms with Crippen LogP contribution in [-0.2, 0) is 6.54 Å². The second-order valence-corrected chi connectivity index (χ2v) is 4.71. The molecule has 4 N–H and O–H groups in total. The maximum atomic E-state index is 6.06. The van der Waals surface area contributed by atoms with Crippen LogP contribution in [-0.4, -0.2) is 4.98 Å². The SMILES string of the molecule is NCc1cnc(C2CCCCCC2)c(N)c1. The fourth-order valence-electron chi connectivity index (χ4n) is 2.54. The maximum Gasteiger partial charge on any atom is 0.0663 e. The van der Waals surface area contributed by atoms with Crippen LogP contribution in [0.1, 0.15) is 55.7 Å². The summed E-state index contributed by atoms with van der Waals surface area (Å²) in [4.78, 5) is 4.51. The Kier molecular flexibility index (Phi) is 3.78. The largest absolute Gasteiger partial charge is 0.397 e. The highest BCUT2D eigenvalue weighted by Gasteiger charge is 2.17. The Bertz CT molecular complexity index is 341. The van der Waals surface area contributed by atoms with Gasteiger partial charge in [-0.2, -0.15) is 0 Å². The van der Waals surface area contributed by atoms with Gasteiger partial charge in [0.1, 0.15) is 0 Å². The maximum absolute atomic E-state index is 6.06. The third-order valence-corrected chi connectivity index (χ3v) is 3.48. The van der Waals surface area contributed by atoms with Crippen LogP contribution in [0.2, 0.25) is 0 Å². The van der Waals surface area contributed by atoms with E-state index in [0.29, 0.717) is 12.5 Å². The van der Waals surface area contributed by atoms with Crippen molar-refractivity contribution in [2.75, 3.05) is 5.73 Å². The van der Waals surface area contributed by atoms with Crippen molar-refractivity contribution in [1.29, 1.82) is 0 Å². The predicted octanol–water partition coefficient (Wildman–Crippen LogP) is 2.56. The molecule has 88 valence electrons. The quantitative estimate of drug-likeness (QED) is 0.751. The summed E-state index contributed by atoms with van der Waals surface area (Å²) < 4.78 is 0. The van der Waals surface area contributed by atoms with E-state index in [9.17, 15) is 0 Å². The first-order chi connectivity index (χ1) is 7.81. The molecule has 1 aliphatic rings. The van der Waals surface area contributed by atoms with Crippen molar-refractivity contribution < 1.29 is 0 Å². The number of rotatable bonds is 2. The number of nitrogen functional groups attached to an aromatic ring is 1. The highest BCUT2D eigenvalue weighted by Crippen LogP contribution is 2.33. The summed E-state index contributed by atoms with van der Waals surface area (Å²) >= 11 is 0. The van der Waals surface area contributed by atoms with Crippen molar-refractivity contribution in [2.45, 2.75) is 51.0 Å². The molecular weight excluding hydrogens is 198 g/mol. The number of nitrogens with zero attached hydrogens (tertiary/aromatic N) is 1. The van der Waals surface area contributed by atoms with Gasteiger partial charge in [-0.15, -0.1) is 0 Å². The van der Waals surface area contributed by atoms with Gasteiger partial charge >= 0.3 is 0 Å². The Morgan fingerprint density at radius 3 is 2.44 bits per heavy atom. The molecule has 1 aliphatic carbocycles. The minimum Gasteiger partial charge on any atom is -0.397 e. The van der Waals surface area contributed by atoms with Crippen LogP contribution in [0.25, 0.3) is 0 Å². The van der Waals surface area contributed by atoms with Gasteiger partial charge in [0.25, 0.3) is 0 Å². The van der Waals surface area contributed by atoms with Gasteiger partial charge in [-0.25, -0.2) is 0 Å². The third kappa shape index (κ3) is 2.53. The first-order valence-electron chi connectivity index (χ1n) is 6.25. The summed E-state index contributed by atoms with van der Waals surface area (Å²) in [5, 5.41) is 0. The fraction of sp³-hybridized carbons (Fsp3) is 0.615. The van der Waals surface area contributed by atoms with Gasteiger partial charge in [0, 0.05) is 18.7 Å². The molecule has 0 spiro atoms. The van der Waals surface area contributed by atoms with Gasteiger partial charge in [-0.05, 0) is 24.5 Å². The Morgan fingerprint density at radius 2 is 1.88 bits per heavy atom. The van der Waals surface area contributed by atoms with Crippen LogP contribution in [0.5, 0.6) is 0 Å². The van der Waals surface area contributed by atoms with E-state index >= 15 is 0 Å². The van der Waals surface area contributed by atoms with Crippen molar-refractivity contribution >= 4 is 5.69 Å². The molecule has 0 radical (unpaired) electrons. The van der Waals surface area contributed by atoms with Crippen molar-refractivity contribution in [3.63, 3.8) is 0 Å². The fourth-order valence-corrected chi connectivity index (χ4v) is 2.54. The number of hydrogen-bond donors (Lipinski definition) is 2. The van der Waals surface area contributed by atoms with Crippen LogP contribution in [0.3, 0.4) is 0 Å². The topological polar surface area (TPSA) is 64.9 Å². The summed E-state index contributed by atoms with van der Waals surface area (Å²) in [7, 11) is 0. The molecule has 1 saturated carbocycles. The standard InChI is InChI=1S/C13H21N3/c14-8-10-7-12(15)13(16-9-10)11-5-3-1-2-4-6-11/h7,9,11H,1-6,8,14-15H2. The molecule has 3 nitrogen and oxygen atoms in total. The van der Waals surface area contributed by atoms with E-state index in [4.69, 9.17) is 11.5 Å². The van der Waals surface area contributed by atoms with Crippen LogP contribution >= 0.6 is 0 Å². The molecule has 0 unspecified atom stereocenters. The Morgan fingerprint density at radius 1 is 1.19 bits per heavy atom. The summed E-state index contributed by atoms with van der Waals surface area (Å²) in [6.07, 6.45) is 9.68. The molecule has 0 amide bonds. The van der Waals surface area contributed by atoms with Crippen LogP contribution < -0.4 is 11.5 Å². The molecule has 16 heavy (non-hydrogen) atoms. The molecule has 1 aromatic rings. The first-order valence-corrected chi connectivity index (χ1v) is 6.25. The zero-order valence-corrected chi connectivity index (χ0v) is 9.78. The molecule has 0 atom stereocenters. The summed E-state index contributed by atoms with van der Waals surface area (Å²) in [5.74, 6) is 0.564. The predicted molar refractivity (Wildman–Crippen MR) is 67.0 cm³/mol. The summed E-state index contributed by atoms with van der Waals surface area (Å²) in [6, 6.07) is 1.98. The minimum absolute atomic E-state index is 0.516. The molecular formula is C13H21N3. The van der Waals surface area contributed by atoms with Gasteiger partial charge in [0.05, 0.1) is 11.4 Å². The van der Waals surface area contributed by atoms with Crippen LogP contribution in [0.4, 0.5) is 5.69 Å². The molecule has 3 heteroatoms. The average Bonchev–Trinajstić information content (AvgIpc) is 2.57. The van der Waals surface area contributed by atoms with E-state index in [2.05, 4.69) is 4.98 Å². The van der Waals surface area contributed by atoms with E-state index in [0.717, 1.165) is 16.9 Å². The highest BCUT2D eigenvalue weighted by atomic mass is 14.8. The molecule has 1 fully saturated rings. The zero-order chi connectivity index (χ0) is 11.4. The first kappa shape index (κ1) is 11.4. The van der Waals surface area contributed by atoms with E-state index in [1.807, 2.05) is 12.3 Å². The molecule has 0 bridgehead atoms. The number of nitrogens with two attached hydrogens (primary N) is 2. The number of hydrogen-bond acceptors (Lipinski definition) is 3. The average molecular weight is 219 g/mol. The smallest absolute Gasteiger partial charge is 0.0663 e. The number of anilines is 1. The molecule has 0 aromatic carbocycles. The molecule has 0 aliphatic heterocycles. The monoisotopic (exact) mass is 219 g/mol. The lowest BCUT2D eigenvalue weighted by Crippen LogP contribution is -2.07. The van der Waals surface area contributed by atoms with Gasteiger partial charge in [-0.3, -0.25) is 4.98 Å². The Balaban J connectivity index is 2.18. The van der Waals surface area contributed by atoms with Gasteiger partial charge in [0.15, 0.2) is 0 Å². The van der Waals surface area contributed by atoms with Gasteiger partial charge in [0.2, 0.25) is 0 Å². The second-order valence-electron chi connectivity index (χ2n) is 4.71. The highest BCUT2D eigenvalue weighted by molar-refractivity contribution is 5.46.